The Morgan fingerprint density at radius 3 is 2.89 bits per heavy atom. The van der Waals surface area contributed by atoms with E-state index in [-0.39, 0.29) is 5.82 Å². The highest BCUT2D eigenvalue weighted by molar-refractivity contribution is 7.11. The van der Waals surface area contributed by atoms with Gasteiger partial charge in [0.25, 0.3) is 0 Å². The second-order valence-electron chi connectivity index (χ2n) is 4.17. The third kappa shape index (κ3) is 3.15. The van der Waals surface area contributed by atoms with Crippen molar-refractivity contribution >= 4 is 11.3 Å². The van der Waals surface area contributed by atoms with E-state index in [1.807, 2.05) is 13.1 Å². The lowest BCUT2D eigenvalue weighted by atomic mass is 10.1. The number of aryl methyl sites for hydroxylation is 1. The molecule has 0 fully saturated rings. The summed E-state index contributed by atoms with van der Waals surface area (Å²) in [4.78, 5) is 5.91. The number of rotatable bonds is 5. The number of thiazole rings is 1. The average Bonchev–Trinajstić information content (AvgIpc) is 2.72. The van der Waals surface area contributed by atoms with E-state index in [2.05, 4.69) is 17.2 Å². The molecule has 2 nitrogen and oxygen atoms in total. The third-order valence-corrected chi connectivity index (χ3v) is 3.84. The molecule has 18 heavy (non-hydrogen) atoms. The van der Waals surface area contributed by atoms with E-state index in [9.17, 15) is 4.39 Å². The van der Waals surface area contributed by atoms with Gasteiger partial charge in [0, 0.05) is 17.8 Å². The first-order chi connectivity index (χ1) is 8.72. The van der Waals surface area contributed by atoms with E-state index < -0.39 is 0 Å². The molecule has 0 amide bonds. The van der Waals surface area contributed by atoms with Gasteiger partial charge in [-0.15, -0.1) is 11.3 Å². The minimum Gasteiger partial charge on any atom is -0.315 e. The van der Waals surface area contributed by atoms with Gasteiger partial charge >= 0.3 is 0 Å². The van der Waals surface area contributed by atoms with Crippen LogP contribution in [-0.2, 0) is 19.4 Å². The van der Waals surface area contributed by atoms with Gasteiger partial charge in [0.15, 0.2) is 0 Å². The molecule has 0 aliphatic rings. The van der Waals surface area contributed by atoms with Crippen LogP contribution in [0.2, 0.25) is 0 Å². The first kappa shape index (κ1) is 13.2. The summed E-state index contributed by atoms with van der Waals surface area (Å²) in [7, 11) is 1.94. The van der Waals surface area contributed by atoms with Crippen LogP contribution < -0.4 is 5.32 Å². The average molecular weight is 264 g/mol. The topological polar surface area (TPSA) is 24.9 Å². The fourth-order valence-electron chi connectivity index (χ4n) is 1.91. The fourth-order valence-corrected chi connectivity index (χ4v) is 3.11. The molecule has 1 N–H and O–H groups in total. The molecule has 1 aromatic heterocycles. The Bertz CT molecular complexity index is 522. The van der Waals surface area contributed by atoms with Crippen LogP contribution in [0.1, 0.15) is 28.1 Å². The first-order valence-electron chi connectivity index (χ1n) is 6.09. The highest BCUT2D eigenvalue weighted by atomic mass is 32.1. The van der Waals surface area contributed by atoms with Crippen LogP contribution >= 0.6 is 11.3 Å². The maximum absolute atomic E-state index is 13.1. The molecule has 1 aromatic carbocycles. The number of nitrogens with zero attached hydrogens (tertiary/aromatic N) is 1. The van der Waals surface area contributed by atoms with Crippen LogP contribution in [0.5, 0.6) is 0 Å². The number of halogens is 1. The lowest BCUT2D eigenvalue weighted by molar-refractivity contribution is 0.626. The van der Waals surface area contributed by atoms with Crippen molar-refractivity contribution in [1.82, 2.24) is 10.3 Å². The quantitative estimate of drug-likeness (QED) is 0.897. The van der Waals surface area contributed by atoms with Crippen molar-refractivity contribution in [1.29, 1.82) is 0 Å². The summed E-state index contributed by atoms with van der Waals surface area (Å²) in [6.45, 7) is 2.96. The molecular weight excluding hydrogens is 247 g/mol. The van der Waals surface area contributed by atoms with Crippen LogP contribution in [0.15, 0.2) is 24.3 Å². The molecule has 0 unspecified atom stereocenters. The molecule has 0 saturated heterocycles. The molecule has 2 aromatic rings. The molecule has 2 rings (SSSR count). The van der Waals surface area contributed by atoms with Crippen molar-refractivity contribution in [3.63, 3.8) is 0 Å². The SMILES string of the molecule is CCc1nc(Cc2cccc(F)c2)sc1CNC. The normalized spacial score (nSPS) is 10.8. The monoisotopic (exact) mass is 264 g/mol. The lowest BCUT2D eigenvalue weighted by Crippen LogP contribution is -2.05. The van der Waals surface area contributed by atoms with Crippen molar-refractivity contribution in [2.45, 2.75) is 26.3 Å². The van der Waals surface area contributed by atoms with Crippen molar-refractivity contribution in [3.8, 4) is 0 Å². The highest BCUT2D eigenvalue weighted by Crippen LogP contribution is 2.22. The minimum absolute atomic E-state index is 0.185. The summed E-state index contributed by atoms with van der Waals surface area (Å²) in [5, 5.41) is 4.21. The van der Waals surface area contributed by atoms with Crippen LogP contribution in [0.25, 0.3) is 0 Å². The Balaban J connectivity index is 2.19. The van der Waals surface area contributed by atoms with Crippen LogP contribution in [0, 0.1) is 5.82 Å². The highest BCUT2D eigenvalue weighted by Gasteiger charge is 2.09. The summed E-state index contributed by atoms with van der Waals surface area (Å²) in [5.41, 5.74) is 2.13. The summed E-state index contributed by atoms with van der Waals surface area (Å²) in [5.74, 6) is -0.185. The van der Waals surface area contributed by atoms with Gasteiger partial charge < -0.3 is 5.32 Å². The molecular formula is C14H17FN2S. The second-order valence-corrected chi connectivity index (χ2v) is 5.34. The predicted octanol–water partition coefficient (Wildman–Crippen LogP) is 3.15. The summed E-state index contributed by atoms with van der Waals surface area (Å²) >= 11 is 1.71. The van der Waals surface area contributed by atoms with E-state index in [0.717, 1.165) is 29.2 Å². The molecule has 0 saturated carbocycles. The Morgan fingerprint density at radius 1 is 1.39 bits per heavy atom. The maximum Gasteiger partial charge on any atom is 0.123 e. The van der Waals surface area contributed by atoms with Gasteiger partial charge in [-0.05, 0) is 31.2 Å². The lowest BCUT2D eigenvalue weighted by Gasteiger charge is -1.97. The van der Waals surface area contributed by atoms with E-state index in [4.69, 9.17) is 0 Å². The Hall–Kier alpha value is -1.26. The van der Waals surface area contributed by atoms with Crippen LogP contribution in [0.3, 0.4) is 0 Å². The van der Waals surface area contributed by atoms with Crippen LogP contribution in [0.4, 0.5) is 4.39 Å². The predicted molar refractivity (Wildman–Crippen MR) is 73.5 cm³/mol. The number of hydrogen-bond acceptors (Lipinski definition) is 3. The van der Waals surface area contributed by atoms with E-state index in [1.54, 1.807) is 23.5 Å². The van der Waals surface area contributed by atoms with Gasteiger partial charge in [0.05, 0.1) is 10.7 Å². The maximum atomic E-state index is 13.1. The molecule has 0 spiro atoms. The van der Waals surface area contributed by atoms with Crippen molar-refractivity contribution in [2.24, 2.45) is 0 Å². The molecule has 1 heterocycles. The van der Waals surface area contributed by atoms with Crippen molar-refractivity contribution in [2.75, 3.05) is 7.05 Å². The molecule has 4 heteroatoms. The zero-order valence-corrected chi connectivity index (χ0v) is 11.5. The Morgan fingerprint density at radius 2 is 2.22 bits per heavy atom. The zero-order chi connectivity index (χ0) is 13.0. The summed E-state index contributed by atoms with van der Waals surface area (Å²) in [6, 6.07) is 6.72. The number of nitrogens with one attached hydrogen (secondary N) is 1. The van der Waals surface area contributed by atoms with Crippen molar-refractivity contribution < 1.29 is 4.39 Å². The third-order valence-electron chi connectivity index (χ3n) is 2.74. The van der Waals surface area contributed by atoms with E-state index >= 15 is 0 Å². The van der Waals surface area contributed by atoms with E-state index in [1.165, 1.54) is 10.9 Å². The smallest absolute Gasteiger partial charge is 0.123 e. The van der Waals surface area contributed by atoms with Gasteiger partial charge in [-0.1, -0.05) is 19.1 Å². The molecule has 0 atom stereocenters. The summed E-state index contributed by atoms with van der Waals surface area (Å²) in [6.07, 6.45) is 1.65. The minimum atomic E-state index is -0.185. The standard InChI is InChI=1S/C14H17FN2S/c1-3-12-13(9-16-2)18-14(17-12)8-10-5-4-6-11(15)7-10/h4-7,16H,3,8-9H2,1-2H3. The van der Waals surface area contributed by atoms with Gasteiger partial charge in [0.1, 0.15) is 5.82 Å². The fraction of sp³-hybridized carbons (Fsp3) is 0.357. The first-order valence-corrected chi connectivity index (χ1v) is 6.91. The second kappa shape index (κ2) is 6.07. The number of aromatic nitrogens is 1. The Labute approximate surface area is 111 Å². The van der Waals surface area contributed by atoms with Gasteiger partial charge in [0.2, 0.25) is 0 Å². The summed E-state index contributed by atoms with van der Waals surface area (Å²) < 4.78 is 13.1. The van der Waals surface area contributed by atoms with Gasteiger partial charge in [-0.25, -0.2) is 9.37 Å². The molecule has 0 aliphatic carbocycles. The molecule has 0 aliphatic heterocycles. The largest absolute Gasteiger partial charge is 0.315 e. The Kier molecular flexibility index (Phi) is 4.44. The molecule has 0 radical (unpaired) electrons. The van der Waals surface area contributed by atoms with E-state index in [0.29, 0.717) is 6.42 Å². The molecule has 96 valence electrons. The van der Waals surface area contributed by atoms with Crippen LogP contribution in [-0.4, -0.2) is 12.0 Å². The van der Waals surface area contributed by atoms with Crippen molar-refractivity contribution in [3.05, 3.63) is 51.2 Å². The number of hydrogen-bond donors (Lipinski definition) is 1. The zero-order valence-electron chi connectivity index (χ0n) is 10.7. The van der Waals surface area contributed by atoms with Gasteiger partial charge in [-0.2, -0.15) is 0 Å². The number of benzene rings is 1. The van der Waals surface area contributed by atoms with Gasteiger partial charge in [-0.3, -0.25) is 0 Å². The molecule has 0 bridgehead atoms.